The van der Waals surface area contributed by atoms with Crippen molar-refractivity contribution in [3.63, 3.8) is 0 Å². The van der Waals surface area contributed by atoms with Crippen LogP contribution in [0.3, 0.4) is 0 Å². The van der Waals surface area contributed by atoms with Crippen molar-refractivity contribution >= 4 is 11.7 Å². The van der Waals surface area contributed by atoms with Crippen LogP contribution in [0.2, 0.25) is 0 Å². The maximum atomic E-state index is 12.1. The van der Waals surface area contributed by atoms with E-state index in [0.29, 0.717) is 6.04 Å². The number of rotatable bonds is 1. The zero-order valence-corrected chi connectivity index (χ0v) is 12.1. The summed E-state index contributed by atoms with van der Waals surface area (Å²) in [6.45, 7) is 0. The smallest absolute Gasteiger partial charge is 0.233 e. The van der Waals surface area contributed by atoms with Crippen LogP contribution >= 0.6 is 0 Å². The summed E-state index contributed by atoms with van der Waals surface area (Å²) < 4.78 is 0. The summed E-state index contributed by atoms with van der Waals surface area (Å²) in [5.41, 5.74) is 1.71. The van der Waals surface area contributed by atoms with Crippen molar-refractivity contribution in [3.8, 4) is 11.8 Å². The Labute approximate surface area is 129 Å². The Bertz CT molecular complexity index is 758. The number of nitrogens with zero attached hydrogens (tertiary/aromatic N) is 3. The van der Waals surface area contributed by atoms with Gasteiger partial charge in [0.15, 0.2) is 0 Å². The summed E-state index contributed by atoms with van der Waals surface area (Å²) in [7, 11) is 0. The second-order valence-electron chi connectivity index (χ2n) is 5.71. The lowest BCUT2D eigenvalue weighted by Crippen LogP contribution is -2.58. The van der Waals surface area contributed by atoms with Gasteiger partial charge in [-0.2, -0.15) is 0 Å². The average molecular weight is 289 g/mol. The van der Waals surface area contributed by atoms with Crippen LogP contribution < -0.4 is 4.90 Å². The minimum absolute atomic E-state index is 0.226. The molecule has 0 radical (unpaired) electrons. The highest BCUT2D eigenvalue weighted by Crippen LogP contribution is 2.42. The van der Waals surface area contributed by atoms with Gasteiger partial charge in [-0.25, -0.2) is 4.98 Å². The molecule has 1 saturated heterocycles. The van der Waals surface area contributed by atoms with Crippen LogP contribution in [-0.2, 0) is 4.79 Å². The molecule has 22 heavy (non-hydrogen) atoms. The molecular formula is C18H15N3O. The van der Waals surface area contributed by atoms with Gasteiger partial charge in [0.1, 0.15) is 5.82 Å². The summed E-state index contributed by atoms with van der Waals surface area (Å²) >= 11 is 0. The lowest BCUT2D eigenvalue weighted by atomic mass is 9.90. The molecule has 2 aromatic heterocycles. The van der Waals surface area contributed by atoms with Crippen LogP contribution in [0.4, 0.5) is 5.82 Å². The first-order valence-corrected chi connectivity index (χ1v) is 7.54. The molecule has 1 aliphatic heterocycles. The molecule has 2 fully saturated rings. The Hall–Kier alpha value is -2.67. The standard InChI is InChI=1S/C18H15N3O/c22-18-15-4-1-5-16(15)21(18)17-9-8-14(12-20-17)7-6-13-3-2-10-19-11-13/h2-3,8-12,15-16H,1,4-5H2. The van der Waals surface area contributed by atoms with E-state index in [1.54, 1.807) is 18.6 Å². The van der Waals surface area contributed by atoms with Crippen LogP contribution in [0.1, 0.15) is 30.4 Å². The van der Waals surface area contributed by atoms with Crippen LogP contribution in [0.5, 0.6) is 0 Å². The molecule has 0 bridgehead atoms. The molecule has 4 rings (SSSR count). The highest BCUT2D eigenvalue weighted by molar-refractivity contribution is 6.02. The number of β-lactam (4-membered cyclic amide) rings is 1. The fraction of sp³-hybridized carbons (Fsp3) is 0.278. The quantitative estimate of drug-likeness (QED) is 0.598. The molecule has 0 spiro atoms. The highest BCUT2D eigenvalue weighted by atomic mass is 16.2. The van der Waals surface area contributed by atoms with E-state index in [1.807, 2.05) is 29.2 Å². The third-order valence-electron chi connectivity index (χ3n) is 4.37. The van der Waals surface area contributed by atoms with E-state index in [2.05, 4.69) is 21.8 Å². The van der Waals surface area contributed by atoms with Gasteiger partial charge in [0, 0.05) is 35.8 Å². The fourth-order valence-electron chi connectivity index (χ4n) is 3.26. The van der Waals surface area contributed by atoms with E-state index >= 15 is 0 Å². The highest BCUT2D eigenvalue weighted by Gasteiger charge is 2.50. The molecule has 0 N–H and O–H groups in total. The van der Waals surface area contributed by atoms with Crippen molar-refractivity contribution < 1.29 is 4.79 Å². The molecule has 0 aromatic carbocycles. The zero-order chi connectivity index (χ0) is 14.9. The van der Waals surface area contributed by atoms with Gasteiger partial charge in [0.25, 0.3) is 0 Å². The summed E-state index contributed by atoms with van der Waals surface area (Å²) in [5, 5.41) is 0. The Morgan fingerprint density at radius 1 is 1.09 bits per heavy atom. The van der Waals surface area contributed by atoms with Gasteiger partial charge in [0.2, 0.25) is 5.91 Å². The number of anilines is 1. The Morgan fingerprint density at radius 3 is 2.68 bits per heavy atom. The molecule has 2 aromatic rings. The maximum absolute atomic E-state index is 12.1. The normalized spacial score (nSPS) is 22.5. The van der Waals surface area contributed by atoms with Crippen molar-refractivity contribution in [2.75, 3.05) is 4.90 Å². The first kappa shape index (κ1) is 13.0. The predicted octanol–water partition coefficient (Wildman–Crippen LogP) is 2.39. The lowest BCUT2D eigenvalue weighted by Gasteiger charge is -2.42. The SMILES string of the molecule is O=C1C2CCCC2N1c1ccc(C#Cc2cccnc2)cn1. The largest absolute Gasteiger partial charge is 0.293 e. The molecule has 2 aliphatic rings. The van der Waals surface area contributed by atoms with E-state index in [-0.39, 0.29) is 11.8 Å². The summed E-state index contributed by atoms with van der Waals surface area (Å²) in [5.74, 6) is 7.33. The first-order chi connectivity index (χ1) is 10.8. The van der Waals surface area contributed by atoms with Gasteiger partial charge in [-0.05, 0) is 37.1 Å². The van der Waals surface area contributed by atoms with Crippen LogP contribution in [0.15, 0.2) is 42.9 Å². The average Bonchev–Trinajstić information content (AvgIpc) is 2.99. The van der Waals surface area contributed by atoms with Gasteiger partial charge in [-0.1, -0.05) is 18.3 Å². The van der Waals surface area contributed by atoms with Crippen LogP contribution in [0.25, 0.3) is 0 Å². The van der Waals surface area contributed by atoms with E-state index < -0.39 is 0 Å². The van der Waals surface area contributed by atoms with E-state index in [1.165, 1.54) is 0 Å². The topological polar surface area (TPSA) is 46.1 Å². The van der Waals surface area contributed by atoms with Crippen molar-refractivity contribution in [2.24, 2.45) is 5.92 Å². The minimum Gasteiger partial charge on any atom is -0.293 e. The van der Waals surface area contributed by atoms with E-state index in [4.69, 9.17) is 0 Å². The molecule has 4 nitrogen and oxygen atoms in total. The maximum Gasteiger partial charge on any atom is 0.233 e. The van der Waals surface area contributed by atoms with Gasteiger partial charge in [-0.3, -0.25) is 14.7 Å². The number of pyridine rings is 2. The summed E-state index contributed by atoms with van der Waals surface area (Å²) in [6, 6.07) is 7.95. The Kier molecular flexibility index (Phi) is 3.12. The minimum atomic E-state index is 0.226. The number of carbonyl (C=O) groups is 1. The van der Waals surface area contributed by atoms with Crippen LogP contribution in [0, 0.1) is 17.8 Å². The Balaban J connectivity index is 1.52. The summed E-state index contributed by atoms with van der Waals surface area (Å²) in [4.78, 5) is 22.4. The summed E-state index contributed by atoms with van der Waals surface area (Å²) in [6.07, 6.45) is 8.46. The first-order valence-electron chi connectivity index (χ1n) is 7.54. The molecular weight excluding hydrogens is 274 g/mol. The number of fused-ring (bicyclic) bond motifs is 1. The van der Waals surface area contributed by atoms with E-state index in [9.17, 15) is 4.79 Å². The molecule has 1 saturated carbocycles. The molecule has 4 heteroatoms. The van der Waals surface area contributed by atoms with Gasteiger partial charge < -0.3 is 0 Å². The molecule has 2 atom stereocenters. The monoisotopic (exact) mass is 289 g/mol. The van der Waals surface area contributed by atoms with Gasteiger partial charge in [0.05, 0.1) is 5.92 Å². The second kappa shape index (κ2) is 5.27. The van der Waals surface area contributed by atoms with Crippen molar-refractivity contribution in [1.82, 2.24) is 9.97 Å². The van der Waals surface area contributed by atoms with Gasteiger partial charge >= 0.3 is 0 Å². The molecule has 1 aliphatic carbocycles. The van der Waals surface area contributed by atoms with Crippen molar-refractivity contribution in [1.29, 1.82) is 0 Å². The third-order valence-corrected chi connectivity index (χ3v) is 4.37. The molecule has 1 amide bonds. The number of hydrogen-bond donors (Lipinski definition) is 0. The fourth-order valence-corrected chi connectivity index (χ4v) is 3.26. The zero-order valence-electron chi connectivity index (χ0n) is 12.1. The number of hydrogen-bond acceptors (Lipinski definition) is 3. The number of carbonyl (C=O) groups excluding carboxylic acids is 1. The van der Waals surface area contributed by atoms with E-state index in [0.717, 1.165) is 36.2 Å². The molecule has 108 valence electrons. The van der Waals surface area contributed by atoms with Crippen molar-refractivity contribution in [2.45, 2.75) is 25.3 Å². The predicted molar refractivity (Wildman–Crippen MR) is 83.1 cm³/mol. The molecule has 2 unspecified atom stereocenters. The lowest BCUT2D eigenvalue weighted by molar-refractivity contribution is -0.129. The second-order valence-corrected chi connectivity index (χ2v) is 5.71. The number of aromatic nitrogens is 2. The van der Waals surface area contributed by atoms with Crippen LogP contribution in [-0.4, -0.2) is 21.9 Å². The number of amides is 1. The molecule has 3 heterocycles. The Morgan fingerprint density at radius 2 is 1.95 bits per heavy atom. The van der Waals surface area contributed by atoms with Crippen molar-refractivity contribution in [3.05, 3.63) is 54.0 Å². The van der Waals surface area contributed by atoms with Gasteiger partial charge in [-0.15, -0.1) is 0 Å². The third kappa shape index (κ3) is 2.15.